The lowest BCUT2D eigenvalue weighted by atomic mass is 9.83. The van der Waals surface area contributed by atoms with Gasteiger partial charge in [-0.3, -0.25) is 4.79 Å². The Labute approximate surface area is 234 Å². The zero-order valence-corrected chi connectivity index (χ0v) is 23.5. The van der Waals surface area contributed by atoms with Crippen LogP contribution in [0.5, 0.6) is 0 Å². The highest BCUT2D eigenvalue weighted by Crippen LogP contribution is 2.36. The number of aliphatic carboxylic acids is 1. The number of carbonyl (C=O) groups is 2. The summed E-state index contributed by atoms with van der Waals surface area (Å²) in [6.07, 6.45) is 7.79. The Morgan fingerprint density at radius 2 is 2.10 bits per heavy atom. The van der Waals surface area contributed by atoms with Crippen LogP contribution < -0.4 is 0 Å². The molecule has 2 heterocycles. The predicted molar refractivity (Wildman–Crippen MR) is 149 cm³/mol. The van der Waals surface area contributed by atoms with Gasteiger partial charge in [0.1, 0.15) is 5.76 Å². The highest BCUT2D eigenvalue weighted by molar-refractivity contribution is 6.30. The lowest BCUT2D eigenvalue weighted by molar-refractivity contribution is -0.137. The number of carbonyl (C=O) groups excluding carboxylic acids is 1. The second-order valence-electron chi connectivity index (χ2n) is 10.7. The molecule has 1 unspecified atom stereocenters. The number of benzene rings is 1. The normalized spacial score (nSPS) is 20.9. The van der Waals surface area contributed by atoms with E-state index in [4.69, 9.17) is 25.5 Å². The van der Waals surface area contributed by atoms with E-state index in [1.54, 1.807) is 4.90 Å². The summed E-state index contributed by atoms with van der Waals surface area (Å²) >= 11 is 6.11. The Balaban J connectivity index is 1.37. The average molecular weight is 557 g/mol. The van der Waals surface area contributed by atoms with Crippen molar-refractivity contribution in [2.24, 2.45) is 17.8 Å². The van der Waals surface area contributed by atoms with Crippen molar-refractivity contribution in [2.45, 2.75) is 52.6 Å². The van der Waals surface area contributed by atoms with Gasteiger partial charge in [0, 0.05) is 42.4 Å². The van der Waals surface area contributed by atoms with Crippen LogP contribution in [0.4, 0.5) is 4.79 Å². The third-order valence-electron chi connectivity index (χ3n) is 7.09. The van der Waals surface area contributed by atoms with Crippen LogP contribution in [-0.4, -0.2) is 59.5 Å². The molecule has 3 atom stereocenters. The monoisotopic (exact) mass is 556 g/mol. The van der Waals surface area contributed by atoms with E-state index in [0.717, 1.165) is 29.0 Å². The van der Waals surface area contributed by atoms with Gasteiger partial charge in [0.05, 0.1) is 25.0 Å². The first-order chi connectivity index (χ1) is 18.7. The van der Waals surface area contributed by atoms with Crippen molar-refractivity contribution in [3.63, 3.8) is 0 Å². The van der Waals surface area contributed by atoms with E-state index < -0.39 is 5.97 Å². The van der Waals surface area contributed by atoms with Gasteiger partial charge in [-0.2, -0.15) is 0 Å². The molecule has 0 saturated carbocycles. The number of carboxylic acid groups (broad SMARTS) is 1. The summed E-state index contributed by atoms with van der Waals surface area (Å²) in [5.41, 5.74) is 2.76. The zero-order valence-electron chi connectivity index (χ0n) is 22.8. The fraction of sp³-hybridized carbons (Fsp3) is 0.500. The molecule has 1 saturated heterocycles. The van der Waals surface area contributed by atoms with Crippen molar-refractivity contribution in [3.8, 4) is 11.5 Å². The predicted octanol–water partition coefficient (Wildman–Crippen LogP) is 6.32. The summed E-state index contributed by atoms with van der Waals surface area (Å²) in [7, 11) is 0. The van der Waals surface area contributed by atoms with Crippen LogP contribution in [-0.2, 0) is 20.7 Å². The number of hydrogen-bond acceptors (Lipinski definition) is 6. The molecule has 210 valence electrons. The number of carboxylic acids is 1. The first-order valence-corrected chi connectivity index (χ1v) is 13.9. The van der Waals surface area contributed by atoms with Gasteiger partial charge in [0.2, 0.25) is 5.89 Å². The van der Waals surface area contributed by atoms with Gasteiger partial charge in [-0.15, -0.1) is 0 Å². The maximum atomic E-state index is 12.6. The first kappa shape index (κ1) is 28.9. The summed E-state index contributed by atoms with van der Waals surface area (Å²) in [6.45, 7) is 7.73. The molecule has 0 bridgehead atoms. The van der Waals surface area contributed by atoms with Crippen LogP contribution in [0, 0.1) is 24.7 Å². The molecule has 39 heavy (non-hydrogen) atoms. The molecule has 0 spiro atoms. The smallest absolute Gasteiger partial charge is 0.409 e. The Bertz CT molecular complexity index is 1220. The van der Waals surface area contributed by atoms with Crippen LogP contribution >= 0.6 is 11.6 Å². The molecular weight excluding hydrogens is 520 g/mol. The minimum Gasteiger partial charge on any atom is -0.481 e. The lowest BCUT2D eigenvalue weighted by Crippen LogP contribution is -2.30. The molecular formula is C30H37ClN2O6. The molecule has 1 aliphatic carbocycles. The minimum atomic E-state index is -0.828. The lowest BCUT2D eigenvalue weighted by Gasteiger charge is -2.24. The quantitative estimate of drug-likeness (QED) is 0.345. The Hall–Kier alpha value is -3.10. The average Bonchev–Trinajstić information content (AvgIpc) is 3.50. The Morgan fingerprint density at radius 1 is 1.28 bits per heavy atom. The number of ether oxygens (including phenoxy) is 2. The van der Waals surface area contributed by atoms with Gasteiger partial charge < -0.3 is 23.9 Å². The molecule has 1 aromatic heterocycles. The van der Waals surface area contributed by atoms with Crippen LogP contribution in [0.2, 0.25) is 5.02 Å². The number of allylic oxidation sites excluding steroid dienone is 1. The molecule has 1 amide bonds. The third kappa shape index (κ3) is 7.96. The summed E-state index contributed by atoms with van der Waals surface area (Å²) in [5, 5.41) is 9.88. The van der Waals surface area contributed by atoms with Crippen LogP contribution in [0.1, 0.15) is 44.6 Å². The number of nitrogens with zero attached hydrogens (tertiary/aromatic N) is 2. The van der Waals surface area contributed by atoms with E-state index in [9.17, 15) is 14.7 Å². The molecule has 1 aliphatic heterocycles. The fourth-order valence-corrected chi connectivity index (χ4v) is 5.27. The summed E-state index contributed by atoms with van der Waals surface area (Å²) in [6, 6.07) is 7.42. The van der Waals surface area contributed by atoms with Gasteiger partial charge >= 0.3 is 12.1 Å². The van der Waals surface area contributed by atoms with Crippen molar-refractivity contribution < 1.29 is 28.6 Å². The number of amides is 1. The molecule has 2 aromatic rings. The standard InChI is InChI=1S/C30H37ClN2O6/c1-19(2)18-38-30(36)33-16-23(10-11-28(34)35)26(17-33)21-6-5-9-25(15-21)37-13-12-27-20(3)39-29(32-27)22-7-4-8-24(31)14-22/h4-8,14-15,19,23,25-26H,9-13,16-18H2,1-3H3,(H,34,35)/t23-,25?,26-/m0/s1. The molecule has 9 heteroatoms. The second-order valence-corrected chi connectivity index (χ2v) is 11.1. The SMILES string of the molecule is Cc1oc(-c2cccc(Cl)c2)nc1CCOC1C=C([C@@H]2CN(C(=O)OCC(C)C)C[C@@H]2CCC(=O)O)C=CC1. The number of aromatic nitrogens is 1. The van der Waals surface area contributed by atoms with E-state index in [1.807, 2.05) is 45.0 Å². The van der Waals surface area contributed by atoms with Gasteiger partial charge in [0.25, 0.3) is 0 Å². The number of aryl methyl sites for hydroxylation is 1. The van der Waals surface area contributed by atoms with Crippen LogP contribution in [0.15, 0.2) is 52.5 Å². The molecule has 2 aliphatic rings. The molecule has 1 aromatic carbocycles. The maximum Gasteiger partial charge on any atom is 0.409 e. The van der Waals surface area contributed by atoms with Crippen molar-refractivity contribution in [1.82, 2.24) is 9.88 Å². The molecule has 1 N–H and O–H groups in total. The molecule has 4 rings (SSSR count). The molecule has 0 radical (unpaired) electrons. The summed E-state index contributed by atoms with van der Waals surface area (Å²) < 4.78 is 17.5. The van der Waals surface area contributed by atoms with Gasteiger partial charge in [-0.05, 0) is 55.4 Å². The van der Waals surface area contributed by atoms with Gasteiger partial charge in [-0.1, -0.05) is 49.7 Å². The van der Waals surface area contributed by atoms with Crippen LogP contribution in [0.25, 0.3) is 11.5 Å². The molecule has 1 fully saturated rings. The van der Waals surface area contributed by atoms with E-state index in [2.05, 4.69) is 23.2 Å². The third-order valence-corrected chi connectivity index (χ3v) is 7.32. The number of likely N-dealkylation sites (tertiary alicyclic amines) is 1. The van der Waals surface area contributed by atoms with Crippen molar-refractivity contribution in [1.29, 1.82) is 0 Å². The largest absolute Gasteiger partial charge is 0.481 e. The van der Waals surface area contributed by atoms with E-state index in [-0.39, 0.29) is 36.4 Å². The second kappa shape index (κ2) is 13.3. The summed E-state index contributed by atoms with van der Waals surface area (Å²) in [4.78, 5) is 30.3. The van der Waals surface area contributed by atoms with Crippen molar-refractivity contribution in [2.75, 3.05) is 26.3 Å². The molecule has 8 nitrogen and oxygen atoms in total. The highest BCUT2D eigenvalue weighted by Gasteiger charge is 2.38. The number of halogens is 1. The van der Waals surface area contributed by atoms with Gasteiger partial charge in [-0.25, -0.2) is 9.78 Å². The topological polar surface area (TPSA) is 102 Å². The number of rotatable bonds is 11. The minimum absolute atomic E-state index is 0.0386. The van der Waals surface area contributed by atoms with E-state index >= 15 is 0 Å². The Morgan fingerprint density at radius 3 is 2.85 bits per heavy atom. The van der Waals surface area contributed by atoms with E-state index in [0.29, 0.717) is 50.1 Å². The zero-order chi connectivity index (χ0) is 27.9. The maximum absolute atomic E-state index is 12.6. The Kier molecular flexibility index (Phi) is 9.86. The van der Waals surface area contributed by atoms with Crippen molar-refractivity contribution >= 4 is 23.7 Å². The highest BCUT2D eigenvalue weighted by atomic mass is 35.5. The van der Waals surface area contributed by atoms with Gasteiger partial charge in [0.15, 0.2) is 0 Å². The summed E-state index contributed by atoms with van der Waals surface area (Å²) in [5.74, 6) is 0.803. The fourth-order valence-electron chi connectivity index (χ4n) is 5.08. The van der Waals surface area contributed by atoms with E-state index in [1.165, 1.54) is 0 Å². The number of oxazole rings is 1. The van der Waals surface area contributed by atoms with Crippen LogP contribution in [0.3, 0.4) is 0 Å². The number of hydrogen-bond donors (Lipinski definition) is 1. The van der Waals surface area contributed by atoms with Crippen molar-refractivity contribution in [3.05, 3.63) is 64.5 Å². The first-order valence-electron chi connectivity index (χ1n) is 13.5.